The van der Waals surface area contributed by atoms with Gasteiger partial charge in [-0.3, -0.25) is 13.9 Å². The zero-order valence-electron chi connectivity index (χ0n) is 16.0. The van der Waals surface area contributed by atoms with Gasteiger partial charge < -0.3 is 19.5 Å². The maximum absolute atomic E-state index is 12.3. The summed E-state index contributed by atoms with van der Waals surface area (Å²) >= 11 is 0. The molecule has 0 atom stereocenters. The Hall–Kier alpha value is -1.11. The summed E-state index contributed by atoms with van der Waals surface area (Å²) in [5.74, 6) is 1.33. The molecule has 156 valence electrons. The first-order valence-electron chi connectivity index (χ1n) is 9.30. The van der Waals surface area contributed by atoms with E-state index in [0.717, 1.165) is 19.6 Å². The van der Waals surface area contributed by atoms with Gasteiger partial charge in [-0.25, -0.2) is 9.90 Å². The van der Waals surface area contributed by atoms with Crippen LogP contribution in [0.15, 0.2) is 4.79 Å². The highest BCUT2D eigenvalue weighted by atomic mass is 32.2. The van der Waals surface area contributed by atoms with Crippen molar-refractivity contribution < 1.29 is 18.4 Å². The van der Waals surface area contributed by atoms with Gasteiger partial charge in [-0.15, -0.1) is 0 Å². The third kappa shape index (κ3) is 8.62. The van der Waals surface area contributed by atoms with Crippen LogP contribution in [0, 0.1) is 0 Å². The van der Waals surface area contributed by atoms with Gasteiger partial charge in [0.05, 0.1) is 46.2 Å². The smallest absolute Gasteiger partial charge is 0.291 e. The molecule has 0 unspecified atom stereocenters. The monoisotopic (exact) mass is 405 g/mol. The van der Waals surface area contributed by atoms with Crippen molar-refractivity contribution in [3.8, 4) is 0 Å². The second kappa shape index (κ2) is 13.1. The molecule has 2 rings (SSSR count). The Morgan fingerprint density at radius 1 is 1.07 bits per heavy atom. The molecule has 0 aliphatic carbocycles. The lowest BCUT2D eigenvalue weighted by Crippen LogP contribution is -2.38. The SMILES string of the molecule is CNCCOCCOCCOCCn1[nH]nc(CN2CCS(=O)CC2)c1=O. The number of aromatic nitrogens is 3. The largest absolute Gasteiger partial charge is 0.378 e. The van der Waals surface area contributed by atoms with E-state index in [1.165, 1.54) is 4.68 Å². The second-order valence-electron chi connectivity index (χ2n) is 6.18. The van der Waals surface area contributed by atoms with E-state index in [9.17, 15) is 9.00 Å². The van der Waals surface area contributed by atoms with E-state index in [1.807, 2.05) is 7.05 Å². The number of hydrogen-bond acceptors (Lipinski definition) is 8. The van der Waals surface area contributed by atoms with Gasteiger partial charge in [-0.05, 0) is 7.05 Å². The van der Waals surface area contributed by atoms with E-state index in [0.29, 0.717) is 69.9 Å². The average Bonchev–Trinajstić information content (AvgIpc) is 3.01. The van der Waals surface area contributed by atoms with Crippen LogP contribution in [-0.4, -0.2) is 102 Å². The van der Waals surface area contributed by atoms with Crippen LogP contribution in [0.5, 0.6) is 0 Å². The topological polar surface area (TPSA) is 111 Å². The fourth-order valence-electron chi connectivity index (χ4n) is 2.54. The summed E-state index contributed by atoms with van der Waals surface area (Å²) in [7, 11) is 1.16. The minimum atomic E-state index is -0.720. The fourth-order valence-corrected chi connectivity index (χ4v) is 3.67. The van der Waals surface area contributed by atoms with E-state index in [2.05, 4.69) is 20.5 Å². The molecule has 2 N–H and O–H groups in total. The first-order chi connectivity index (χ1) is 13.2. The molecule has 1 aromatic rings. The van der Waals surface area contributed by atoms with Crippen molar-refractivity contribution in [1.29, 1.82) is 0 Å². The predicted molar refractivity (Wildman–Crippen MR) is 102 cm³/mol. The zero-order chi connectivity index (χ0) is 19.3. The summed E-state index contributed by atoms with van der Waals surface area (Å²) in [6, 6.07) is 0. The van der Waals surface area contributed by atoms with E-state index < -0.39 is 10.8 Å². The molecule has 0 radical (unpaired) electrons. The first kappa shape index (κ1) is 22.2. The number of H-pyrrole nitrogens is 1. The van der Waals surface area contributed by atoms with Crippen molar-refractivity contribution in [2.75, 3.05) is 77.8 Å². The Morgan fingerprint density at radius 2 is 1.70 bits per heavy atom. The Labute approximate surface area is 162 Å². The van der Waals surface area contributed by atoms with Crippen LogP contribution in [0.1, 0.15) is 5.69 Å². The molecule has 1 aromatic heterocycles. The summed E-state index contributed by atoms with van der Waals surface area (Å²) in [4.78, 5) is 14.4. The highest BCUT2D eigenvalue weighted by molar-refractivity contribution is 7.85. The molecule has 1 aliphatic rings. The van der Waals surface area contributed by atoms with Gasteiger partial charge in [0.25, 0.3) is 5.56 Å². The van der Waals surface area contributed by atoms with Crippen LogP contribution in [0.3, 0.4) is 0 Å². The maximum atomic E-state index is 12.3. The molecule has 0 saturated carbocycles. The van der Waals surface area contributed by atoms with Gasteiger partial charge in [0, 0.05) is 48.5 Å². The zero-order valence-corrected chi connectivity index (χ0v) is 16.8. The van der Waals surface area contributed by atoms with Crippen molar-refractivity contribution in [3.63, 3.8) is 0 Å². The Bertz CT molecular complexity index is 598. The molecule has 27 heavy (non-hydrogen) atoms. The predicted octanol–water partition coefficient (Wildman–Crippen LogP) is -1.60. The molecule has 0 aromatic carbocycles. The van der Waals surface area contributed by atoms with Crippen molar-refractivity contribution in [1.82, 2.24) is 25.2 Å². The van der Waals surface area contributed by atoms with Crippen LogP contribution in [0.4, 0.5) is 0 Å². The van der Waals surface area contributed by atoms with Gasteiger partial charge in [-0.2, -0.15) is 5.10 Å². The molecule has 10 nitrogen and oxygen atoms in total. The third-order valence-electron chi connectivity index (χ3n) is 4.14. The van der Waals surface area contributed by atoms with Gasteiger partial charge in [-0.1, -0.05) is 0 Å². The molecular formula is C16H31N5O5S. The van der Waals surface area contributed by atoms with Crippen LogP contribution in [0.25, 0.3) is 0 Å². The first-order valence-corrected chi connectivity index (χ1v) is 10.8. The number of rotatable bonds is 14. The Balaban J connectivity index is 1.53. The quantitative estimate of drug-likeness (QED) is 0.356. The van der Waals surface area contributed by atoms with E-state index in [4.69, 9.17) is 14.2 Å². The highest BCUT2D eigenvalue weighted by Crippen LogP contribution is 2.03. The minimum Gasteiger partial charge on any atom is -0.378 e. The molecule has 2 heterocycles. The molecule has 0 amide bonds. The summed E-state index contributed by atoms with van der Waals surface area (Å²) < 4.78 is 29.1. The molecule has 1 aliphatic heterocycles. The van der Waals surface area contributed by atoms with Crippen molar-refractivity contribution >= 4 is 10.8 Å². The minimum absolute atomic E-state index is 0.125. The summed E-state index contributed by atoms with van der Waals surface area (Å²) in [5.41, 5.74) is 0.365. The van der Waals surface area contributed by atoms with Crippen molar-refractivity contribution in [3.05, 3.63) is 16.0 Å². The molecule has 0 spiro atoms. The van der Waals surface area contributed by atoms with Gasteiger partial charge in [0.1, 0.15) is 5.69 Å². The normalized spacial score (nSPS) is 16.2. The second-order valence-corrected chi connectivity index (χ2v) is 7.88. The lowest BCUT2D eigenvalue weighted by molar-refractivity contribution is 0.0133. The lowest BCUT2D eigenvalue weighted by Gasteiger charge is -2.24. The van der Waals surface area contributed by atoms with Crippen LogP contribution < -0.4 is 10.9 Å². The van der Waals surface area contributed by atoms with Crippen LogP contribution >= 0.6 is 0 Å². The third-order valence-corrected chi connectivity index (χ3v) is 5.42. The van der Waals surface area contributed by atoms with Gasteiger partial charge >= 0.3 is 0 Å². The standard InChI is InChI=1S/C16H31N5O5S/c1-17-2-6-24-8-10-26-11-9-25-7-3-21-16(22)15(18-19-21)14-20-4-12-27(23)13-5-20/h17,19H,2-14H2,1H3. The van der Waals surface area contributed by atoms with Crippen LogP contribution in [0.2, 0.25) is 0 Å². The van der Waals surface area contributed by atoms with Crippen molar-refractivity contribution in [2.24, 2.45) is 0 Å². The summed E-state index contributed by atoms with van der Waals surface area (Å²) in [6.45, 7) is 6.38. The molecule has 0 bridgehead atoms. The molecule has 11 heteroatoms. The Morgan fingerprint density at radius 3 is 2.37 bits per heavy atom. The van der Waals surface area contributed by atoms with E-state index >= 15 is 0 Å². The average molecular weight is 406 g/mol. The summed E-state index contributed by atoms with van der Waals surface area (Å²) in [5, 5.41) is 9.85. The van der Waals surface area contributed by atoms with Gasteiger partial charge in [0.15, 0.2) is 0 Å². The number of aromatic amines is 1. The fraction of sp³-hybridized carbons (Fsp3) is 0.875. The number of nitrogens with one attached hydrogen (secondary N) is 2. The van der Waals surface area contributed by atoms with Crippen LogP contribution in [-0.2, 0) is 38.1 Å². The molecule has 1 fully saturated rings. The number of nitrogens with zero attached hydrogens (tertiary/aromatic N) is 3. The number of likely N-dealkylation sites (N-methyl/N-ethyl adjacent to an activating group) is 1. The summed E-state index contributed by atoms with van der Waals surface area (Å²) in [6.07, 6.45) is 0. The molecule has 1 saturated heterocycles. The maximum Gasteiger partial charge on any atom is 0.291 e. The number of ether oxygens (including phenoxy) is 3. The van der Waals surface area contributed by atoms with E-state index in [1.54, 1.807) is 0 Å². The van der Waals surface area contributed by atoms with Crippen molar-refractivity contribution in [2.45, 2.75) is 13.1 Å². The van der Waals surface area contributed by atoms with Gasteiger partial charge in [0.2, 0.25) is 0 Å². The highest BCUT2D eigenvalue weighted by Gasteiger charge is 2.18. The molecular weight excluding hydrogens is 374 g/mol. The lowest BCUT2D eigenvalue weighted by atomic mass is 10.4. The Kier molecular flexibility index (Phi) is 10.8. The number of hydrogen-bond donors (Lipinski definition) is 2. The van der Waals surface area contributed by atoms with E-state index in [-0.39, 0.29) is 5.56 Å².